The summed E-state index contributed by atoms with van der Waals surface area (Å²) in [5.41, 5.74) is 0. The lowest BCUT2D eigenvalue weighted by Gasteiger charge is -2.27. The summed E-state index contributed by atoms with van der Waals surface area (Å²) < 4.78 is 5.32. The van der Waals surface area contributed by atoms with Crippen molar-refractivity contribution in [2.45, 2.75) is 38.8 Å². The maximum atomic E-state index is 12.0. The highest BCUT2D eigenvalue weighted by Gasteiger charge is 2.36. The first-order valence-corrected chi connectivity index (χ1v) is 5.60. The Hall–Kier alpha value is -1.10. The van der Waals surface area contributed by atoms with Gasteiger partial charge in [0.1, 0.15) is 6.04 Å². The third-order valence-corrected chi connectivity index (χ3v) is 3.18. The van der Waals surface area contributed by atoms with E-state index in [4.69, 9.17) is 9.84 Å². The van der Waals surface area contributed by atoms with Gasteiger partial charge in [0.15, 0.2) is 0 Å². The first kappa shape index (κ1) is 13.0. The van der Waals surface area contributed by atoms with Crippen molar-refractivity contribution >= 4 is 11.9 Å². The summed E-state index contributed by atoms with van der Waals surface area (Å²) in [6.45, 7) is 4.19. The van der Waals surface area contributed by atoms with Crippen LogP contribution in [0.25, 0.3) is 0 Å². The van der Waals surface area contributed by atoms with E-state index in [9.17, 15) is 9.59 Å². The van der Waals surface area contributed by atoms with Crippen LogP contribution in [-0.4, -0.2) is 47.7 Å². The van der Waals surface area contributed by atoms with Crippen LogP contribution in [0.4, 0.5) is 0 Å². The molecule has 1 amide bonds. The average molecular weight is 229 g/mol. The average Bonchev–Trinajstić information content (AvgIpc) is 2.63. The Balaban J connectivity index is 2.68. The number of likely N-dealkylation sites (N-methyl/N-ethyl adjacent to an activating group) is 1. The zero-order chi connectivity index (χ0) is 12.3. The highest BCUT2D eigenvalue weighted by atomic mass is 16.5. The van der Waals surface area contributed by atoms with Crippen molar-refractivity contribution in [2.24, 2.45) is 5.92 Å². The van der Waals surface area contributed by atoms with E-state index < -0.39 is 12.0 Å². The van der Waals surface area contributed by atoms with Gasteiger partial charge in [-0.05, 0) is 19.8 Å². The summed E-state index contributed by atoms with van der Waals surface area (Å²) in [4.78, 5) is 24.3. The summed E-state index contributed by atoms with van der Waals surface area (Å²) in [7, 11) is 1.55. The van der Waals surface area contributed by atoms with Crippen LogP contribution in [0.3, 0.4) is 0 Å². The highest BCUT2D eigenvalue weighted by Crippen LogP contribution is 2.23. The predicted octanol–water partition coefficient (Wildman–Crippen LogP) is 0.733. The SMILES string of the molecule is CCC(C(=O)O)N(C)C(=O)C1CCOC1C. The number of carbonyl (C=O) groups excluding carboxylic acids is 1. The predicted molar refractivity (Wildman–Crippen MR) is 58.0 cm³/mol. The van der Waals surface area contributed by atoms with Crippen LogP contribution < -0.4 is 0 Å². The van der Waals surface area contributed by atoms with E-state index in [0.717, 1.165) is 0 Å². The van der Waals surface area contributed by atoms with E-state index >= 15 is 0 Å². The van der Waals surface area contributed by atoms with Crippen molar-refractivity contribution in [3.05, 3.63) is 0 Å². The second-order valence-corrected chi connectivity index (χ2v) is 4.18. The first-order valence-electron chi connectivity index (χ1n) is 5.60. The van der Waals surface area contributed by atoms with Gasteiger partial charge in [-0.1, -0.05) is 6.92 Å². The van der Waals surface area contributed by atoms with Crippen LogP contribution in [0, 0.1) is 5.92 Å². The minimum Gasteiger partial charge on any atom is -0.480 e. The lowest BCUT2D eigenvalue weighted by Crippen LogP contribution is -2.45. The second-order valence-electron chi connectivity index (χ2n) is 4.18. The molecule has 0 radical (unpaired) electrons. The normalized spacial score (nSPS) is 26.4. The molecule has 3 unspecified atom stereocenters. The Morgan fingerprint density at radius 3 is 2.56 bits per heavy atom. The van der Waals surface area contributed by atoms with E-state index in [-0.39, 0.29) is 17.9 Å². The third-order valence-electron chi connectivity index (χ3n) is 3.18. The van der Waals surface area contributed by atoms with E-state index in [1.54, 1.807) is 14.0 Å². The molecule has 1 rings (SSSR count). The van der Waals surface area contributed by atoms with Gasteiger partial charge in [-0.2, -0.15) is 0 Å². The fraction of sp³-hybridized carbons (Fsp3) is 0.818. The van der Waals surface area contributed by atoms with Gasteiger partial charge in [0, 0.05) is 13.7 Å². The highest BCUT2D eigenvalue weighted by molar-refractivity contribution is 5.85. The van der Waals surface area contributed by atoms with Crippen molar-refractivity contribution in [3.63, 3.8) is 0 Å². The summed E-state index contributed by atoms with van der Waals surface area (Å²) in [6, 6.07) is -0.736. The Labute approximate surface area is 95.4 Å². The molecule has 0 aromatic carbocycles. The van der Waals surface area contributed by atoms with E-state index in [2.05, 4.69) is 0 Å². The zero-order valence-corrected chi connectivity index (χ0v) is 9.97. The fourth-order valence-corrected chi connectivity index (χ4v) is 2.09. The molecule has 5 nitrogen and oxygen atoms in total. The van der Waals surface area contributed by atoms with Crippen LogP contribution in [0.1, 0.15) is 26.7 Å². The van der Waals surface area contributed by atoms with Crippen molar-refractivity contribution in [1.29, 1.82) is 0 Å². The van der Waals surface area contributed by atoms with Gasteiger partial charge in [0.2, 0.25) is 5.91 Å². The Kier molecular flexibility index (Phi) is 4.29. The molecule has 1 N–H and O–H groups in total. The first-order chi connectivity index (χ1) is 7.49. The number of amides is 1. The molecule has 0 aliphatic carbocycles. The molecule has 16 heavy (non-hydrogen) atoms. The minimum absolute atomic E-state index is 0.110. The van der Waals surface area contributed by atoms with Crippen LogP contribution >= 0.6 is 0 Å². The number of carboxylic acids is 1. The summed E-state index contributed by atoms with van der Waals surface area (Å²) in [5.74, 6) is -1.28. The number of ether oxygens (including phenoxy) is 1. The quantitative estimate of drug-likeness (QED) is 0.771. The number of hydrogen-bond acceptors (Lipinski definition) is 3. The minimum atomic E-state index is -0.954. The molecule has 0 aromatic heterocycles. The van der Waals surface area contributed by atoms with Crippen molar-refractivity contribution in [3.8, 4) is 0 Å². The molecule has 1 heterocycles. The van der Waals surface area contributed by atoms with Gasteiger partial charge in [0.25, 0.3) is 0 Å². The molecule has 92 valence electrons. The topological polar surface area (TPSA) is 66.8 Å². The molecule has 1 aliphatic rings. The molecular formula is C11H19NO4. The van der Waals surface area contributed by atoms with Gasteiger partial charge >= 0.3 is 5.97 Å². The van der Waals surface area contributed by atoms with Gasteiger partial charge in [-0.3, -0.25) is 4.79 Å². The number of carboxylic acid groups (broad SMARTS) is 1. The van der Waals surface area contributed by atoms with Gasteiger partial charge < -0.3 is 14.7 Å². The molecule has 0 spiro atoms. The van der Waals surface area contributed by atoms with Crippen molar-refractivity contribution < 1.29 is 19.4 Å². The monoisotopic (exact) mass is 229 g/mol. The lowest BCUT2D eigenvalue weighted by atomic mass is 10.00. The molecule has 1 aliphatic heterocycles. The number of rotatable bonds is 4. The second kappa shape index (κ2) is 5.30. The lowest BCUT2D eigenvalue weighted by molar-refractivity contribution is -0.151. The number of carbonyl (C=O) groups is 2. The van der Waals surface area contributed by atoms with Gasteiger partial charge in [-0.25, -0.2) is 4.79 Å². The summed E-state index contributed by atoms with van der Waals surface area (Å²) >= 11 is 0. The van der Waals surface area contributed by atoms with Crippen molar-refractivity contribution in [2.75, 3.05) is 13.7 Å². The van der Waals surface area contributed by atoms with Crippen LogP contribution in [-0.2, 0) is 14.3 Å². The zero-order valence-electron chi connectivity index (χ0n) is 9.97. The summed E-state index contributed by atoms with van der Waals surface area (Å²) in [6.07, 6.45) is 0.987. The Morgan fingerprint density at radius 2 is 2.19 bits per heavy atom. The smallest absolute Gasteiger partial charge is 0.326 e. The van der Waals surface area contributed by atoms with Crippen LogP contribution in [0.5, 0.6) is 0 Å². The van der Waals surface area contributed by atoms with E-state index in [0.29, 0.717) is 19.4 Å². The third kappa shape index (κ3) is 2.52. The molecule has 0 aromatic rings. The van der Waals surface area contributed by atoms with E-state index in [1.807, 2.05) is 6.92 Å². The standard InChI is InChI=1S/C11H19NO4/c1-4-9(11(14)15)12(3)10(13)8-5-6-16-7(8)2/h7-9H,4-6H2,1-3H3,(H,14,15). The largest absolute Gasteiger partial charge is 0.480 e. The summed E-state index contributed by atoms with van der Waals surface area (Å²) in [5, 5.41) is 8.98. The Morgan fingerprint density at radius 1 is 1.56 bits per heavy atom. The van der Waals surface area contributed by atoms with Crippen molar-refractivity contribution in [1.82, 2.24) is 4.90 Å². The molecule has 0 bridgehead atoms. The van der Waals surface area contributed by atoms with Gasteiger partial charge in [0.05, 0.1) is 12.0 Å². The van der Waals surface area contributed by atoms with Gasteiger partial charge in [-0.15, -0.1) is 0 Å². The molecule has 5 heteroatoms. The molecule has 1 fully saturated rings. The Bertz CT molecular complexity index is 279. The molecule has 3 atom stereocenters. The molecular weight excluding hydrogens is 210 g/mol. The number of aliphatic carboxylic acids is 1. The molecule has 1 saturated heterocycles. The number of hydrogen-bond donors (Lipinski definition) is 1. The maximum absolute atomic E-state index is 12.0. The fourth-order valence-electron chi connectivity index (χ4n) is 2.09. The number of nitrogens with zero attached hydrogens (tertiary/aromatic N) is 1. The maximum Gasteiger partial charge on any atom is 0.326 e. The molecule has 0 saturated carbocycles. The van der Waals surface area contributed by atoms with Crippen LogP contribution in [0.15, 0.2) is 0 Å². The van der Waals surface area contributed by atoms with Crippen LogP contribution in [0.2, 0.25) is 0 Å². The van der Waals surface area contributed by atoms with E-state index in [1.165, 1.54) is 4.90 Å².